The van der Waals surface area contributed by atoms with E-state index in [-0.39, 0.29) is 0 Å². The molecule has 0 unspecified atom stereocenters. The molecule has 6 aliphatic rings. The van der Waals surface area contributed by atoms with Gasteiger partial charge in [0.15, 0.2) is 37.7 Å². The summed E-state index contributed by atoms with van der Waals surface area (Å²) in [6, 6.07) is 0. The van der Waals surface area contributed by atoms with E-state index in [4.69, 9.17) is 52.1 Å². The average molecular weight is 867 g/mol. The molecular weight excluding hydrogens is 808 g/mol. The molecule has 59 heavy (non-hydrogen) atoms. The Kier molecular flexibility index (Phi) is 15.6. The van der Waals surface area contributed by atoms with Gasteiger partial charge >= 0.3 is 0 Å². The predicted molar refractivity (Wildman–Crippen MR) is 181 cm³/mol. The van der Waals surface area contributed by atoms with Crippen molar-refractivity contribution in [3.63, 3.8) is 0 Å². The van der Waals surface area contributed by atoms with E-state index in [0.717, 1.165) is 0 Å². The number of aliphatic hydroxyl groups excluding tert-OH is 14. The van der Waals surface area contributed by atoms with Crippen LogP contribution in [0.2, 0.25) is 0 Å². The maximum atomic E-state index is 11.8. The highest BCUT2D eigenvalue weighted by atomic mass is 16.8. The van der Waals surface area contributed by atoms with E-state index in [1.54, 1.807) is 0 Å². The quantitative estimate of drug-likeness (QED) is 0.0969. The molecule has 0 spiro atoms. The van der Waals surface area contributed by atoms with Crippen molar-refractivity contribution in [3.8, 4) is 0 Å². The summed E-state index contributed by atoms with van der Waals surface area (Å²) in [5.74, 6) is 0. The molecule has 0 aromatic heterocycles. The minimum absolute atomic E-state index is 0.524. The molecule has 0 aromatic rings. The topological polar surface area (TPSA) is 385 Å². The molecule has 0 amide bonds. The molecule has 14 N–H and O–H groups in total. The van der Waals surface area contributed by atoms with Crippen LogP contribution in [-0.4, -0.2) is 257 Å². The molecule has 25 heteroatoms. The molecule has 0 bridgehead atoms. The fraction of sp³-hybridized carbons (Fsp3) is 1.00. The first-order valence-electron chi connectivity index (χ1n) is 19.4. The average Bonchev–Trinajstić information content (AvgIpc) is 3.19. The van der Waals surface area contributed by atoms with Gasteiger partial charge in [0.25, 0.3) is 0 Å². The first kappa shape index (κ1) is 47.5. The summed E-state index contributed by atoms with van der Waals surface area (Å²) in [5, 5.41) is 149. The minimum atomic E-state index is -2.02. The van der Waals surface area contributed by atoms with Crippen molar-refractivity contribution in [2.75, 3.05) is 13.2 Å². The Morgan fingerprint density at radius 3 is 1.25 bits per heavy atom. The zero-order valence-electron chi connectivity index (χ0n) is 32.3. The number of rotatable bonds is 10. The molecule has 0 saturated carbocycles. The lowest BCUT2D eigenvalue weighted by molar-refractivity contribution is -0.402. The van der Waals surface area contributed by atoms with Crippen molar-refractivity contribution < 1.29 is 124 Å². The minimum Gasteiger partial charge on any atom is -0.388 e. The number of aliphatic hydroxyl groups is 14. The van der Waals surface area contributed by atoms with Crippen LogP contribution in [0.4, 0.5) is 0 Å². The molecule has 28 atom stereocenters. The number of hydrogen-bond acceptors (Lipinski definition) is 25. The Labute approximate surface area is 336 Å². The van der Waals surface area contributed by atoms with Gasteiger partial charge in [0.1, 0.15) is 110 Å². The fourth-order valence-corrected chi connectivity index (χ4v) is 7.73. The van der Waals surface area contributed by atoms with E-state index in [1.807, 2.05) is 0 Å². The SMILES string of the molecule is C[C@@H]1O[C@@H](O[C@@H]2[C@@H](O)[C@H](O[C@@H]3[C@@H](O[C@@H]4OC[C@@H](O)[C@H](O)[C@H]4O)[C@@H](O)[C@H](O[C@@H]4[C@@H](O[C@@H]5O[C@@H](C)[C@H](O)[C@@H](O)[C@H]5O)[C@H](O)[C@@H](C)O[C@H]4O)O[C@H]3C)OC[C@H]2O)[C@H](O)[C@H](O)[C@H]1O. The molecule has 0 aliphatic carbocycles. The maximum Gasteiger partial charge on any atom is 0.187 e. The molecule has 6 fully saturated rings. The Morgan fingerprint density at radius 1 is 0.305 bits per heavy atom. The van der Waals surface area contributed by atoms with Gasteiger partial charge in [-0.3, -0.25) is 0 Å². The van der Waals surface area contributed by atoms with Crippen molar-refractivity contribution in [2.24, 2.45) is 0 Å². The summed E-state index contributed by atoms with van der Waals surface area (Å²) in [7, 11) is 0. The lowest BCUT2D eigenvalue weighted by atomic mass is 9.96. The van der Waals surface area contributed by atoms with Crippen LogP contribution in [0.25, 0.3) is 0 Å². The highest BCUT2D eigenvalue weighted by Gasteiger charge is 2.56. The number of hydrogen-bond donors (Lipinski definition) is 14. The van der Waals surface area contributed by atoms with Gasteiger partial charge < -0.3 is 124 Å². The molecule has 6 rings (SSSR count). The van der Waals surface area contributed by atoms with Crippen LogP contribution in [-0.2, 0) is 52.1 Å². The van der Waals surface area contributed by atoms with Crippen molar-refractivity contribution in [1.82, 2.24) is 0 Å². The van der Waals surface area contributed by atoms with Gasteiger partial charge in [-0.05, 0) is 27.7 Å². The van der Waals surface area contributed by atoms with Gasteiger partial charge in [-0.15, -0.1) is 0 Å². The van der Waals surface area contributed by atoms with Gasteiger partial charge in [0.2, 0.25) is 0 Å². The van der Waals surface area contributed by atoms with Gasteiger partial charge in [-0.2, -0.15) is 0 Å². The van der Waals surface area contributed by atoms with Crippen molar-refractivity contribution in [3.05, 3.63) is 0 Å². The Balaban J connectivity index is 1.23. The molecular formula is C34H58O25. The lowest BCUT2D eigenvalue weighted by Crippen LogP contribution is -2.67. The van der Waals surface area contributed by atoms with E-state index in [9.17, 15) is 71.5 Å². The predicted octanol–water partition coefficient (Wildman–Crippen LogP) is -8.71. The largest absolute Gasteiger partial charge is 0.388 e. The Hall–Kier alpha value is -1.00. The summed E-state index contributed by atoms with van der Waals surface area (Å²) in [4.78, 5) is 0. The van der Waals surface area contributed by atoms with E-state index >= 15 is 0 Å². The zero-order valence-corrected chi connectivity index (χ0v) is 32.3. The van der Waals surface area contributed by atoms with Crippen LogP contribution >= 0.6 is 0 Å². The van der Waals surface area contributed by atoms with Gasteiger partial charge in [-0.25, -0.2) is 0 Å². The summed E-state index contributed by atoms with van der Waals surface area (Å²) < 4.78 is 62.8. The molecule has 6 saturated heterocycles. The van der Waals surface area contributed by atoms with Gasteiger partial charge in [0, 0.05) is 0 Å². The summed E-state index contributed by atoms with van der Waals surface area (Å²) in [5.41, 5.74) is 0. The first-order valence-corrected chi connectivity index (χ1v) is 19.4. The molecule has 0 radical (unpaired) electrons. The van der Waals surface area contributed by atoms with Gasteiger partial charge in [-0.1, -0.05) is 0 Å². The Bertz CT molecular complexity index is 1340. The molecule has 6 aliphatic heterocycles. The third kappa shape index (κ3) is 9.75. The molecule has 0 aromatic carbocycles. The third-order valence-electron chi connectivity index (χ3n) is 11.5. The summed E-state index contributed by atoms with van der Waals surface area (Å²) in [6.07, 6.45) is -45.6. The van der Waals surface area contributed by atoms with E-state index in [1.165, 1.54) is 27.7 Å². The standard InChI is InChI=1S/C34H58O25/c1-7-13(37)17(41)20(44)32(52-7)56-25-12(36)6-50-31(22(25)46)55-24-10(4)54-34(23(47)27(24)57-30-19(43)16(40)11(35)5-49-30)59-28-26(15(39)9(3)51-29(28)48)58-33-21(45)18(42)14(38)8(2)53-33/h7-48H,5-6H2,1-4H3/t7-,8-,9+,10-,11+,12+,13-,14-,15+,16-,17+,18+,19+,20+,21+,22+,23+,24-,25-,26-,27-,28+,29+,30-,31-,32-,33-,34-/m0/s1. The van der Waals surface area contributed by atoms with Crippen molar-refractivity contribution in [1.29, 1.82) is 0 Å². The normalized spacial score (nSPS) is 56.4. The van der Waals surface area contributed by atoms with Crippen LogP contribution < -0.4 is 0 Å². The smallest absolute Gasteiger partial charge is 0.187 e. The summed E-state index contributed by atoms with van der Waals surface area (Å²) >= 11 is 0. The van der Waals surface area contributed by atoms with Crippen LogP contribution in [0.15, 0.2) is 0 Å². The van der Waals surface area contributed by atoms with E-state index < -0.39 is 185 Å². The molecule has 6 heterocycles. The molecule has 25 nitrogen and oxygen atoms in total. The van der Waals surface area contributed by atoms with Crippen molar-refractivity contribution >= 4 is 0 Å². The summed E-state index contributed by atoms with van der Waals surface area (Å²) in [6.45, 7) is 4.49. The first-order chi connectivity index (χ1) is 27.7. The fourth-order valence-electron chi connectivity index (χ4n) is 7.73. The second kappa shape index (κ2) is 19.4. The third-order valence-corrected chi connectivity index (χ3v) is 11.5. The van der Waals surface area contributed by atoms with Crippen LogP contribution in [0, 0.1) is 0 Å². The van der Waals surface area contributed by atoms with E-state index in [0.29, 0.717) is 0 Å². The van der Waals surface area contributed by atoms with Crippen LogP contribution in [0.5, 0.6) is 0 Å². The monoisotopic (exact) mass is 866 g/mol. The lowest BCUT2D eigenvalue weighted by Gasteiger charge is -2.50. The van der Waals surface area contributed by atoms with Crippen molar-refractivity contribution in [2.45, 2.75) is 200 Å². The van der Waals surface area contributed by atoms with E-state index in [2.05, 4.69) is 0 Å². The number of ether oxygens (including phenoxy) is 11. The highest BCUT2D eigenvalue weighted by molar-refractivity contribution is 4.98. The second-order valence-corrected chi connectivity index (χ2v) is 15.8. The van der Waals surface area contributed by atoms with Gasteiger partial charge in [0.05, 0.1) is 37.6 Å². The highest BCUT2D eigenvalue weighted by Crippen LogP contribution is 2.36. The maximum absolute atomic E-state index is 11.8. The Morgan fingerprint density at radius 2 is 0.678 bits per heavy atom. The van der Waals surface area contributed by atoms with Crippen LogP contribution in [0.1, 0.15) is 27.7 Å². The van der Waals surface area contributed by atoms with Crippen LogP contribution in [0.3, 0.4) is 0 Å². The molecule has 344 valence electrons. The zero-order chi connectivity index (χ0) is 43.4. The second-order valence-electron chi connectivity index (χ2n) is 15.8.